The number of rotatable bonds is 3. The number of nitrogens with zero attached hydrogens (tertiary/aromatic N) is 2. The van der Waals surface area contributed by atoms with Gasteiger partial charge in [-0.15, -0.1) is 0 Å². The summed E-state index contributed by atoms with van der Waals surface area (Å²) in [7, 11) is 0. The van der Waals surface area contributed by atoms with Crippen molar-refractivity contribution < 1.29 is 9.53 Å². The number of carbonyl (C=O) groups is 1. The third-order valence-electron chi connectivity index (χ3n) is 3.38. The fraction of sp³-hybridized carbons (Fsp3) is 0.467. The van der Waals surface area contributed by atoms with Crippen molar-refractivity contribution in [3.8, 4) is 6.07 Å². The minimum atomic E-state index is -0.345. The Morgan fingerprint density at radius 2 is 2.25 bits per heavy atom. The van der Waals surface area contributed by atoms with Gasteiger partial charge >= 0.3 is 6.09 Å². The van der Waals surface area contributed by atoms with Crippen LogP contribution in [0.15, 0.2) is 30.3 Å². The van der Waals surface area contributed by atoms with Crippen LogP contribution < -0.4 is 5.32 Å². The van der Waals surface area contributed by atoms with Crippen molar-refractivity contribution in [3.05, 3.63) is 35.9 Å². The Balaban J connectivity index is 1.93. The number of carbonyl (C=O) groups excluding carboxylic acids is 1. The number of nitrogens with one attached hydrogen (secondary N) is 1. The first-order valence-electron chi connectivity index (χ1n) is 6.78. The maximum absolute atomic E-state index is 12.2. The minimum Gasteiger partial charge on any atom is -0.445 e. The molecule has 1 aromatic rings. The molecule has 20 heavy (non-hydrogen) atoms. The first kappa shape index (κ1) is 14.4. The molecule has 0 bridgehead atoms. The van der Waals surface area contributed by atoms with Crippen LogP contribution >= 0.6 is 0 Å². The highest BCUT2D eigenvalue weighted by molar-refractivity contribution is 5.68. The fourth-order valence-electron chi connectivity index (χ4n) is 2.27. The molecule has 2 atom stereocenters. The molecule has 2 rings (SSSR count). The lowest BCUT2D eigenvalue weighted by Crippen LogP contribution is -2.57. The van der Waals surface area contributed by atoms with Gasteiger partial charge in [-0.2, -0.15) is 5.26 Å². The second-order valence-electron chi connectivity index (χ2n) is 5.02. The highest BCUT2D eigenvalue weighted by Crippen LogP contribution is 2.13. The van der Waals surface area contributed by atoms with E-state index in [4.69, 9.17) is 10.00 Å². The Morgan fingerprint density at radius 3 is 2.95 bits per heavy atom. The maximum atomic E-state index is 12.2. The minimum absolute atomic E-state index is 0.112. The van der Waals surface area contributed by atoms with Crippen molar-refractivity contribution in [2.45, 2.75) is 32.0 Å². The zero-order valence-corrected chi connectivity index (χ0v) is 11.6. The number of ether oxygens (including phenoxy) is 1. The zero-order chi connectivity index (χ0) is 14.4. The van der Waals surface area contributed by atoms with Crippen molar-refractivity contribution >= 4 is 6.09 Å². The number of piperazine rings is 1. The van der Waals surface area contributed by atoms with E-state index in [0.717, 1.165) is 5.56 Å². The van der Waals surface area contributed by atoms with Gasteiger partial charge in [-0.05, 0) is 12.5 Å². The lowest BCUT2D eigenvalue weighted by atomic mass is 10.1. The number of benzene rings is 1. The monoisotopic (exact) mass is 273 g/mol. The Bertz CT molecular complexity index is 484. The predicted molar refractivity (Wildman–Crippen MR) is 74.8 cm³/mol. The molecule has 0 saturated carbocycles. The van der Waals surface area contributed by atoms with E-state index in [2.05, 4.69) is 11.4 Å². The molecule has 1 heterocycles. The molecular formula is C15H19N3O2. The molecule has 1 aliphatic rings. The van der Waals surface area contributed by atoms with Crippen LogP contribution in [0.3, 0.4) is 0 Å². The first-order chi connectivity index (χ1) is 9.70. The molecule has 0 aromatic heterocycles. The molecule has 1 aromatic carbocycles. The molecule has 1 fully saturated rings. The second kappa shape index (κ2) is 6.92. The molecule has 1 aliphatic heterocycles. The Hall–Kier alpha value is -2.06. The van der Waals surface area contributed by atoms with Gasteiger partial charge < -0.3 is 15.0 Å². The van der Waals surface area contributed by atoms with E-state index >= 15 is 0 Å². The van der Waals surface area contributed by atoms with Gasteiger partial charge in [0.2, 0.25) is 0 Å². The average Bonchev–Trinajstić information content (AvgIpc) is 2.48. The number of nitriles is 1. The molecule has 1 N–H and O–H groups in total. The molecular weight excluding hydrogens is 254 g/mol. The standard InChI is InChI=1S/C15H19N3O2/c1-12-10-18(14(7-8-16)9-17-12)15(19)20-11-13-5-3-2-4-6-13/h2-6,12,14,17H,7,9-11H2,1H3/t12-,14-/m0/s1. The molecule has 0 aliphatic carbocycles. The summed E-state index contributed by atoms with van der Waals surface area (Å²) in [5.74, 6) is 0. The van der Waals surface area contributed by atoms with Crippen LogP contribution in [-0.2, 0) is 11.3 Å². The molecule has 1 amide bonds. The van der Waals surface area contributed by atoms with E-state index < -0.39 is 0 Å². The van der Waals surface area contributed by atoms with Crippen molar-refractivity contribution in [3.63, 3.8) is 0 Å². The molecule has 0 unspecified atom stereocenters. The Kier molecular flexibility index (Phi) is 4.97. The van der Waals surface area contributed by atoms with Crippen LogP contribution in [0.1, 0.15) is 18.9 Å². The topological polar surface area (TPSA) is 65.4 Å². The van der Waals surface area contributed by atoms with E-state index in [9.17, 15) is 4.79 Å². The maximum Gasteiger partial charge on any atom is 0.410 e. The van der Waals surface area contributed by atoms with E-state index in [1.54, 1.807) is 4.90 Å². The van der Waals surface area contributed by atoms with Crippen LogP contribution in [0.4, 0.5) is 4.79 Å². The summed E-state index contributed by atoms with van der Waals surface area (Å²) in [6.07, 6.45) is -0.0254. The summed E-state index contributed by atoms with van der Waals surface area (Å²) in [5, 5.41) is 12.1. The number of hydrogen-bond donors (Lipinski definition) is 1. The summed E-state index contributed by atoms with van der Waals surface area (Å²) in [6.45, 7) is 3.48. The van der Waals surface area contributed by atoms with Crippen LogP contribution in [-0.4, -0.2) is 36.2 Å². The number of hydrogen-bond acceptors (Lipinski definition) is 4. The van der Waals surface area contributed by atoms with Crippen LogP contribution in [0.25, 0.3) is 0 Å². The summed E-state index contributed by atoms with van der Waals surface area (Å²) in [4.78, 5) is 13.8. The average molecular weight is 273 g/mol. The molecule has 0 spiro atoms. The summed E-state index contributed by atoms with van der Waals surface area (Å²) in [6, 6.07) is 11.8. The third-order valence-corrected chi connectivity index (χ3v) is 3.38. The quantitative estimate of drug-likeness (QED) is 0.913. The van der Waals surface area contributed by atoms with Gasteiger partial charge in [-0.1, -0.05) is 30.3 Å². The van der Waals surface area contributed by atoms with Gasteiger partial charge in [-0.25, -0.2) is 4.79 Å². The molecule has 1 saturated heterocycles. The van der Waals surface area contributed by atoms with Crippen molar-refractivity contribution in [1.82, 2.24) is 10.2 Å². The first-order valence-corrected chi connectivity index (χ1v) is 6.78. The largest absolute Gasteiger partial charge is 0.445 e. The summed E-state index contributed by atoms with van der Waals surface area (Å²) in [5.41, 5.74) is 0.959. The van der Waals surface area contributed by atoms with Gasteiger partial charge in [0, 0.05) is 19.1 Å². The molecule has 0 radical (unpaired) electrons. The molecule has 5 heteroatoms. The van der Waals surface area contributed by atoms with Crippen molar-refractivity contribution in [2.24, 2.45) is 0 Å². The highest BCUT2D eigenvalue weighted by atomic mass is 16.6. The van der Waals surface area contributed by atoms with Crippen LogP contribution in [0, 0.1) is 11.3 Å². The Labute approximate surface area is 119 Å². The van der Waals surface area contributed by atoms with Gasteiger partial charge in [0.15, 0.2) is 0 Å². The van der Waals surface area contributed by atoms with E-state index in [0.29, 0.717) is 19.5 Å². The third kappa shape index (κ3) is 3.72. The van der Waals surface area contributed by atoms with Gasteiger partial charge in [0.05, 0.1) is 18.5 Å². The summed E-state index contributed by atoms with van der Waals surface area (Å²) >= 11 is 0. The molecule has 5 nitrogen and oxygen atoms in total. The molecule has 106 valence electrons. The lowest BCUT2D eigenvalue weighted by molar-refractivity contribution is 0.0656. The van der Waals surface area contributed by atoms with Crippen molar-refractivity contribution in [2.75, 3.05) is 13.1 Å². The van der Waals surface area contributed by atoms with E-state index in [1.807, 2.05) is 37.3 Å². The zero-order valence-electron chi connectivity index (χ0n) is 11.6. The van der Waals surface area contributed by atoms with Gasteiger partial charge in [0.25, 0.3) is 0 Å². The van der Waals surface area contributed by atoms with Crippen LogP contribution in [0.5, 0.6) is 0 Å². The lowest BCUT2D eigenvalue weighted by Gasteiger charge is -2.37. The second-order valence-corrected chi connectivity index (χ2v) is 5.02. The smallest absolute Gasteiger partial charge is 0.410 e. The predicted octanol–water partition coefficient (Wildman–Crippen LogP) is 1.90. The SMILES string of the molecule is C[C@H]1CN(C(=O)OCc2ccccc2)[C@@H](CC#N)CN1. The van der Waals surface area contributed by atoms with E-state index in [1.165, 1.54) is 0 Å². The van der Waals surface area contributed by atoms with Gasteiger partial charge in [-0.3, -0.25) is 0 Å². The fourth-order valence-corrected chi connectivity index (χ4v) is 2.27. The normalized spacial score (nSPS) is 22.1. The van der Waals surface area contributed by atoms with Crippen molar-refractivity contribution in [1.29, 1.82) is 5.26 Å². The van der Waals surface area contributed by atoms with Gasteiger partial charge in [0.1, 0.15) is 6.61 Å². The summed E-state index contributed by atoms with van der Waals surface area (Å²) < 4.78 is 5.34. The number of amides is 1. The Morgan fingerprint density at radius 1 is 1.50 bits per heavy atom. The van der Waals surface area contributed by atoms with Crippen LogP contribution in [0.2, 0.25) is 0 Å². The van der Waals surface area contributed by atoms with E-state index in [-0.39, 0.29) is 24.8 Å². The highest BCUT2D eigenvalue weighted by Gasteiger charge is 2.30.